The highest BCUT2D eigenvalue weighted by atomic mass is 16.5. The van der Waals surface area contributed by atoms with Crippen LogP contribution in [0.5, 0.6) is 5.75 Å². The molecule has 28 heavy (non-hydrogen) atoms. The Morgan fingerprint density at radius 3 is 2.07 bits per heavy atom. The molecule has 0 N–H and O–H groups in total. The Bertz CT molecular complexity index is 769. The van der Waals surface area contributed by atoms with Crippen LogP contribution in [-0.4, -0.2) is 25.7 Å². The summed E-state index contributed by atoms with van der Waals surface area (Å²) in [6.45, 7) is 2.57. The third-order valence-electron chi connectivity index (χ3n) is 4.40. The topological polar surface area (TPSA) is 61.8 Å². The summed E-state index contributed by atoms with van der Waals surface area (Å²) < 4.78 is 16.0. The fourth-order valence-corrected chi connectivity index (χ4v) is 2.83. The van der Waals surface area contributed by atoms with E-state index in [1.807, 2.05) is 18.2 Å². The summed E-state index contributed by atoms with van der Waals surface area (Å²) in [4.78, 5) is 24.9. The van der Waals surface area contributed by atoms with Crippen LogP contribution < -0.4 is 4.74 Å². The minimum absolute atomic E-state index is 0.0592. The molecule has 0 saturated heterocycles. The average molecular weight is 384 g/mol. The maximum Gasteiger partial charge on any atom is 0.339 e. The van der Waals surface area contributed by atoms with Gasteiger partial charge in [0.15, 0.2) is 0 Å². The van der Waals surface area contributed by atoms with Crippen LogP contribution >= 0.6 is 0 Å². The van der Waals surface area contributed by atoms with Crippen molar-refractivity contribution in [3.8, 4) is 5.75 Å². The Balaban J connectivity index is 1.94. The number of unbranched alkanes of at least 4 members (excludes halogenated alkanes) is 4. The van der Waals surface area contributed by atoms with Crippen molar-refractivity contribution in [2.24, 2.45) is 0 Å². The summed E-state index contributed by atoms with van der Waals surface area (Å²) in [5.41, 5.74) is 1.18. The molecule has 0 bridgehead atoms. The van der Waals surface area contributed by atoms with Crippen molar-refractivity contribution in [3.05, 3.63) is 65.2 Å². The maximum atomic E-state index is 12.5. The third kappa shape index (κ3) is 6.41. The first-order valence-electron chi connectivity index (χ1n) is 9.72. The van der Waals surface area contributed by atoms with Crippen LogP contribution in [0.1, 0.15) is 65.3 Å². The Labute approximate surface area is 166 Å². The van der Waals surface area contributed by atoms with Crippen molar-refractivity contribution in [2.45, 2.75) is 45.6 Å². The molecule has 5 nitrogen and oxygen atoms in total. The van der Waals surface area contributed by atoms with E-state index in [0.717, 1.165) is 24.8 Å². The molecule has 0 saturated carbocycles. The number of benzene rings is 2. The van der Waals surface area contributed by atoms with Gasteiger partial charge >= 0.3 is 11.9 Å². The molecule has 0 atom stereocenters. The van der Waals surface area contributed by atoms with Crippen LogP contribution in [-0.2, 0) is 16.1 Å². The molecule has 0 aliphatic carbocycles. The highest BCUT2D eigenvalue weighted by Crippen LogP contribution is 2.19. The molecule has 0 aliphatic rings. The van der Waals surface area contributed by atoms with Crippen LogP contribution in [0.25, 0.3) is 0 Å². The van der Waals surface area contributed by atoms with E-state index in [4.69, 9.17) is 14.2 Å². The number of hydrogen-bond donors (Lipinski definition) is 0. The first kappa shape index (κ1) is 21.5. The fourth-order valence-electron chi connectivity index (χ4n) is 2.83. The molecule has 0 fully saturated rings. The van der Waals surface area contributed by atoms with Crippen molar-refractivity contribution in [2.75, 3.05) is 13.7 Å². The monoisotopic (exact) mass is 384 g/mol. The summed E-state index contributed by atoms with van der Waals surface area (Å²) in [7, 11) is 1.56. The normalized spacial score (nSPS) is 10.4. The summed E-state index contributed by atoms with van der Waals surface area (Å²) in [6, 6.07) is 13.9. The van der Waals surface area contributed by atoms with E-state index in [2.05, 4.69) is 6.92 Å². The number of ether oxygens (including phenoxy) is 3. The SMILES string of the molecule is CCCCCCCOC(=O)c1ccccc1C(=O)OCc1ccccc1OC. The second-order valence-electron chi connectivity index (χ2n) is 6.48. The zero-order valence-electron chi connectivity index (χ0n) is 16.6. The van der Waals surface area contributed by atoms with Gasteiger partial charge in [-0.05, 0) is 24.6 Å². The summed E-state index contributed by atoms with van der Waals surface area (Å²) in [5.74, 6) is -0.423. The van der Waals surface area contributed by atoms with Gasteiger partial charge in [0.25, 0.3) is 0 Å². The largest absolute Gasteiger partial charge is 0.496 e. The van der Waals surface area contributed by atoms with Gasteiger partial charge in [0, 0.05) is 5.56 Å². The van der Waals surface area contributed by atoms with Gasteiger partial charge in [0.1, 0.15) is 12.4 Å². The van der Waals surface area contributed by atoms with Crippen LogP contribution in [0.4, 0.5) is 0 Å². The smallest absolute Gasteiger partial charge is 0.339 e. The Hall–Kier alpha value is -2.82. The van der Waals surface area contributed by atoms with Crippen molar-refractivity contribution in [1.82, 2.24) is 0 Å². The highest BCUT2D eigenvalue weighted by Gasteiger charge is 2.19. The van der Waals surface area contributed by atoms with Crippen molar-refractivity contribution < 1.29 is 23.8 Å². The molecule has 0 aliphatic heterocycles. The van der Waals surface area contributed by atoms with E-state index in [9.17, 15) is 9.59 Å². The van der Waals surface area contributed by atoms with E-state index in [1.165, 1.54) is 12.8 Å². The van der Waals surface area contributed by atoms with Gasteiger partial charge in [-0.2, -0.15) is 0 Å². The molecule has 0 spiro atoms. The molecule has 2 rings (SSSR count). The fraction of sp³-hybridized carbons (Fsp3) is 0.391. The summed E-state index contributed by atoms with van der Waals surface area (Å²) in [5, 5.41) is 0. The molecule has 150 valence electrons. The van der Waals surface area contributed by atoms with E-state index in [-0.39, 0.29) is 17.7 Å². The number of esters is 2. The lowest BCUT2D eigenvalue weighted by atomic mass is 10.1. The Morgan fingerprint density at radius 2 is 1.39 bits per heavy atom. The number of rotatable bonds is 11. The van der Waals surface area contributed by atoms with Crippen LogP contribution in [0.15, 0.2) is 48.5 Å². The average Bonchev–Trinajstić information content (AvgIpc) is 2.74. The number of carbonyl (C=O) groups is 2. The lowest BCUT2D eigenvalue weighted by Gasteiger charge is -2.11. The van der Waals surface area contributed by atoms with Gasteiger partial charge in [-0.3, -0.25) is 0 Å². The van der Waals surface area contributed by atoms with E-state index in [0.29, 0.717) is 12.4 Å². The Morgan fingerprint density at radius 1 is 0.786 bits per heavy atom. The van der Waals surface area contributed by atoms with Crippen LogP contribution in [0.2, 0.25) is 0 Å². The number of hydrogen-bond acceptors (Lipinski definition) is 5. The molecule has 5 heteroatoms. The first-order valence-corrected chi connectivity index (χ1v) is 9.72. The van der Waals surface area contributed by atoms with Crippen LogP contribution in [0.3, 0.4) is 0 Å². The van der Waals surface area contributed by atoms with Gasteiger partial charge < -0.3 is 14.2 Å². The van der Waals surface area contributed by atoms with Crippen LogP contribution in [0, 0.1) is 0 Å². The van der Waals surface area contributed by atoms with Gasteiger partial charge in [0.2, 0.25) is 0 Å². The zero-order chi connectivity index (χ0) is 20.2. The molecule has 0 radical (unpaired) electrons. The van der Waals surface area contributed by atoms with Gasteiger partial charge in [-0.25, -0.2) is 9.59 Å². The minimum atomic E-state index is -0.568. The van der Waals surface area contributed by atoms with Gasteiger partial charge in [0.05, 0.1) is 24.8 Å². The van der Waals surface area contributed by atoms with Crippen molar-refractivity contribution in [1.29, 1.82) is 0 Å². The van der Waals surface area contributed by atoms with Crippen molar-refractivity contribution >= 4 is 11.9 Å². The van der Waals surface area contributed by atoms with Gasteiger partial charge in [-0.15, -0.1) is 0 Å². The molecule has 0 unspecified atom stereocenters. The predicted octanol–water partition coefficient (Wildman–Crippen LogP) is 5.18. The van der Waals surface area contributed by atoms with Gasteiger partial charge in [-0.1, -0.05) is 62.9 Å². The molecule has 2 aromatic carbocycles. The summed E-state index contributed by atoms with van der Waals surface area (Å²) >= 11 is 0. The standard InChI is InChI=1S/C23H28O5/c1-3-4-5-6-11-16-27-22(24)19-13-8-9-14-20(19)23(25)28-17-18-12-7-10-15-21(18)26-2/h7-10,12-15H,3-6,11,16-17H2,1-2H3. The minimum Gasteiger partial charge on any atom is -0.496 e. The highest BCUT2D eigenvalue weighted by molar-refractivity contribution is 6.03. The number of para-hydroxylation sites is 1. The quantitative estimate of drug-likeness (QED) is 0.395. The molecule has 0 heterocycles. The lowest BCUT2D eigenvalue weighted by molar-refractivity contribution is 0.0434. The van der Waals surface area contributed by atoms with E-state index < -0.39 is 11.9 Å². The summed E-state index contributed by atoms with van der Waals surface area (Å²) in [6.07, 6.45) is 5.36. The molecule has 0 aromatic heterocycles. The second kappa shape index (κ2) is 11.8. The maximum absolute atomic E-state index is 12.5. The molecular weight excluding hydrogens is 356 g/mol. The van der Waals surface area contributed by atoms with E-state index in [1.54, 1.807) is 37.4 Å². The zero-order valence-corrected chi connectivity index (χ0v) is 16.6. The predicted molar refractivity (Wildman–Crippen MR) is 108 cm³/mol. The number of methoxy groups -OCH3 is 1. The molecule has 0 amide bonds. The Kier molecular flexibility index (Phi) is 9.05. The second-order valence-corrected chi connectivity index (χ2v) is 6.48. The number of carbonyl (C=O) groups excluding carboxylic acids is 2. The molecule has 2 aromatic rings. The molecular formula is C23H28O5. The first-order chi connectivity index (χ1) is 13.7. The van der Waals surface area contributed by atoms with E-state index >= 15 is 0 Å². The third-order valence-corrected chi connectivity index (χ3v) is 4.40. The van der Waals surface area contributed by atoms with Crippen molar-refractivity contribution in [3.63, 3.8) is 0 Å². The lowest BCUT2D eigenvalue weighted by Crippen LogP contribution is -2.14.